The number of H-pyrrole nitrogens is 1. The minimum Gasteiger partial charge on any atom is -0.481 e. The van der Waals surface area contributed by atoms with Crippen molar-refractivity contribution < 1.29 is 34.2 Å². The number of hydrogen-bond acceptors (Lipinski definition) is 7. The van der Waals surface area contributed by atoms with Gasteiger partial charge in [0.05, 0.1) is 6.04 Å². The lowest BCUT2D eigenvalue weighted by molar-refractivity contribution is -0.143. The molecule has 0 aliphatic carbocycles. The summed E-state index contributed by atoms with van der Waals surface area (Å²) in [5.41, 5.74) is 13.0. The van der Waals surface area contributed by atoms with Gasteiger partial charge >= 0.3 is 11.9 Å². The lowest BCUT2D eigenvalue weighted by Gasteiger charge is -2.25. The van der Waals surface area contributed by atoms with E-state index >= 15 is 0 Å². The van der Waals surface area contributed by atoms with Crippen LogP contribution in [0.25, 0.3) is 10.9 Å². The summed E-state index contributed by atoms with van der Waals surface area (Å²) in [4.78, 5) is 65.4. The van der Waals surface area contributed by atoms with Gasteiger partial charge in [-0.2, -0.15) is 0 Å². The summed E-state index contributed by atoms with van der Waals surface area (Å²) >= 11 is 0. The molecule has 2 aromatic rings. The van der Waals surface area contributed by atoms with E-state index in [1.807, 2.05) is 38.1 Å². The molecule has 13 nitrogen and oxygen atoms in total. The molecular weight excluding hydrogens is 532 g/mol. The van der Waals surface area contributed by atoms with Gasteiger partial charge in [0, 0.05) is 29.9 Å². The van der Waals surface area contributed by atoms with Gasteiger partial charge in [-0.15, -0.1) is 0 Å². The van der Waals surface area contributed by atoms with Gasteiger partial charge in [-0.1, -0.05) is 32.0 Å². The van der Waals surface area contributed by atoms with Gasteiger partial charge in [0.25, 0.3) is 0 Å². The fourth-order valence-corrected chi connectivity index (χ4v) is 4.42. The SMILES string of the molecule is CC(C)CC(NC(=O)C(CCCCN)NC(=O)C(Cc1c[nH]c2ccccc12)NC(=O)C(N)CCC(=O)O)C(=O)O. The first-order valence-electron chi connectivity index (χ1n) is 13.8. The maximum absolute atomic E-state index is 13.6. The highest BCUT2D eigenvalue weighted by atomic mass is 16.4. The highest BCUT2D eigenvalue weighted by Gasteiger charge is 2.31. The Labute approximate surface area is 238 Å². The number of aliphatic carboxylic acids is 2. The molecule has 0 spiro atoms. The number of nitrogens with two attached hydrogens (primary N) is 2. The molecule has 226 valence electrons. The van der Waals surface area contributed by atoms with E-state index in [2.05, 4.69) is 20.9 Å². The van der Waals surface area contributed by atoms with Crippen LogP contribution in [0.4, 0.5) is 0 Å². The summed E-state index contributed by atoms with van der Waals surface area (Å²) in [6.45, 7) is 4.05. The zero-order valence-electron chi connectivity index (χ0n) is 23.5. The smallest absolute Gasteiger partial charge is 0.326 e. The Morgan fingerprint density at radius 2 is 1.51 bits per heavy atom. The summed E-state index contributed by atoms with van der Waals surface area (Å²) < 4.78 is 0. The second kappa shape index (κ2) is 16.3. The molecule has 1 aromatic carbocycles. The Bertz CT molecular complexity index is 1200. The van der Waals surface area contributed by atoms with E-state index in [0.29, 0.717) is 19.4 Å². The number of amides is 3. The van der Waals surface area contributed by atoms with Gasteiger partial charge in [-0.3, -0.25) is 19.2 Å². The first-order valence-corrected chi connectivity index (χ1v) is 13.8. The van der Waals surface area contributed by atoms with E-state index in [1.54, 1.807) is 6.20 Å². The molecule has 0 aliphatic rings. The van der Waals surface area contributed by atoms with Crippen LogP contribution >= 0.6 is 0 Å². The predicted octanol–water partition coefficient (Wildman–Crippen LogP) is 0.617. The van der Waals surface area contributed by atoms with Crippen LogP contribution in [0.3, 0.4) is 0 Å². The molecule has 4 atom stereocenters. The van der Waals surface area contributed by atoms with Crippen LogP contribution in [0, 0.1) is 5.92 Å². The summed E-state index contributed by atoms with van der Waals surface area (Å²) in [6, 6.07) is 2.88. The van der Waals surface area contributed by atoms with Gasteiger partial charge < -0.3 is 42.6 Å². The largest absolute Gasteiger partial charge is 0.481 e. The lowest BCUT2D eigenvalue weighted by Crippen LogP contribution is -2.57. The normalized spacial score (nSPS) is 14.2. The van der Waals surface area contributed by atoms with Crippen LogP contribution in [0.15, 0.2) is 30.5 Å². The van der Waals surface area contributed by atoms with E-state index in [0.717, 1.165) is 16.5 Å². The fourth-order valence-electron chi connectivity index (χ4n) is 4.42. The van der Waals surface area contributed by atoms with Gasteiger partial charge in [0.2, 0.25) is 17.7 Å². The zero-order chi connectivity index (χ0) is 30.5. The summed E-state index contributed by atoms with van der Waals surface area (Å²) in [5, 5.41) is 27.2. The van der Waals surface area contributed by atoms with E-state index < -0.39 is 53.8 Å². The van der Waals surface area contributed by atoms with Gasteiger partial charge in [-0.25, -0.2) is 4.79 Å². The number of benzene rings is 1. The summed E-state index contributed by atoms with van der Waals surface area (Å²) in [7, 11) is 0. The molecule has 3 amide bonds. The number of carbonyl (C=O) groups excluding carboxylic acids is 3. The number of para-hydroxylation sites is 1. The van der Waals surface area contributed by atoms with Crippen LogP contribution in [-0.4, -0.2) is 75.6 Å². The molecule has 0 radical (unpaired) electrons. The molecule has 0 fully saturated rings. The number of hydrogen-bond donors (Lipinski definition) is 8. The molecule has 0 saturated carbocycles. The molecular formula is C28H42N6O7. The first kappa shape index (κ1) is 33.2. The van der Waals surface area contributed by atoms with Gasteiger partial charge in [-0.05, 0) is 56.2 Å². The molecule has 0 saturated heterocycles. The van der Waals surface area contributed by atoms with E-state index in [-0.39, 0.29) is 38.0 Å². The van der Waals surface area contributed by atoms with Crippen LogP contribution < -0.4 is 27.4 Å². The average Bonchev–Trinajstić information content (AvgIpc) is 3.32. The van der Waals surface area contributed by atoms with Crippen molar-refractivity contribution in [3.8, 4) is 0 Å². The maximum Gasteiger partial charge on any atom is 0.326 e. The molecule has 1 aromatic heterocycles. The number of carboxylic acid groups (broad SMARTS) is 2. The summed E-state index contributed by atoms with van der Waals surface area (Å²) in [6.07, 6.45) is 2.81. The van der Waals surface area contributed by atoms with Crippen LogP contribution in [0.5, 0.6) is 0 Å². The van der Waals surface area contributed by atoms with E-state index in [9.17, 15) is 29.1 Å². The molecule has 10 N–H and O–H groups in total. The number of aromatic nitrogens is 1. The van der Waals surface area contributed by atoms with Crippen LogP contribution in [0.1, 0.15) is 57.9 Å². The van der Waals surface area contributed by atoms with Crippen molar-refractivity contribution in [3.05, 3.63) is 36.0 Å². The second-order valence-corrected chi connectivity index (χ2v) is 10.5. The van der Waals surface area contributed by atoms with Crippen molar-refractivity contribution in [1.29, 1.82) is 0 Å². The third-order valence-electron chi connectivity index (χ3n) is 6.64. The Kier molecular flexibility index (Phi) is 13.2. The fraction of sp³-hybridized carbons (Fsp3) is 0.536. The molecule has 4 unspecified atom stereocenters. The minimum absolute atomic E-state index is 0.00258. The van der Waals surface area contributed by atoms with E-state index in [4.69, 9.17) is 16.6 Å². The lowest BCUT2D eigenvalue weighted by atomic mass is 10.0. The summed E-state index contributed by atoms with van der Waals surface area (Å²) in [5.74, 6) is -4.32. The van der Waals surface area contributed by atoms with E-state index in [1.165, 1.54) is 0 Å². The molecule has 0 aliphatic heterocycles. The maximum atomic E-state index is 13.6. The number of aromatic amines is 1. The number of carboxylic acids is 2. The first-order chi connectivity index (χ1) is 19.4. The van der Waals surface area contributed by atoms with Crippen LogP contribution in [0.2, 0.25) is 0 Å². The monoisotopic (exact) mass is 574 g/mol. The molecule has 2 rings (SSSR count). The van der Waals surface area contributed by atoms with Crippen LogP contribution in [-0.2, 0) is 30.4 Å². The molecule has 13 heteroatoms. The number of fused-ring (bicyclic) bond motifs is 1. The molecule has 41 heavy (non-hydrogen) atoms. The topological polar surface area (TPSA) is 230 Å². The Morgan fingerprint density at radius 3 is 2.15 bits per heavy atom. The van der Waals surface area contributed by atoms with Crippen molar-refractivity contribution in [3.63, 3.8) is 0 Å². The predicted molar refractivity (Wildman–Crippen MR) is 153 cm³/mol. The standard InChI is InChI=1S/C28H42N6O7/c1-16(2)13-23(28(40)41)34-26(38)21(9-5-6-12-29)32-27(39)22(33-25(37)19(30)10-11-24(35)36)14-17-15-31-20-8-4-3-7-18(17)20/h3-4,7-8,15-16,19,21-23,31H,5-6,9-14,29-30H2,1-2H3,(H,32,39)(H,33,37)(H,34,38)(H,35,36)(H,40,41). The van der Waals surface area contributed by atoms with Gasteiger partial charge in [0.15, 0.2) is 0 Å². The second-order valence-electron chi connectivity index (χ2n) is 10.5. The van der Waals surface area contributed by atoms with Crippen molar-refractivity contribution in [2.24, 2.45) is 17.4 Å². The average molecular weight is 575 g/mol. The third kappa shape index (κ3) is 10.8. The zero-order valence-corrected chi connectivity index (χ0v) is 23.5. The number of rotatable bonds is 18. The Hall–Kier alpha value is -3.97. The quantitative estimate of drug-likeness (QED) is 0.116. The highest BCUT2D eigenvalue weighted by molar-refractivity contribution is 5.95. The third-order valence-corrected chi connectivity index (χ3v) is 6.64. The minimum atomic E-state index is -1.18. The Balaban J connectivity index is 2.29. The van der Waals surface area contributed by atoms with Crippen molar-refractivity contribution in [2.45, 2.75) is 83.0 Å². The van der Waals surface area contributed by atoms with Crippen molar-refractivity contribution >= 4 is 40.6 Å². The van der Waals surface area contributed by atoms with Gasteiger partial charge in [0.1, 0.15) is 18.1 Å². The highest BCUT2D eigenvalue weighted by Crippen LogP contribution is 2.19. The molecule has 0 bridgehead atoms. The number of unbranched alkanes of at least 4 members (excludes halogenated alkanes) is 1. The van der Waals surface area contributed by atoms with Crippen molar-refractivity contribution in [2.75, 3.05) is 6.54 Å². The molecule has 1 heterocycles. The number of carbonyl (C=O) groups is 5. The Morgan fingerprint density at radius 1 is 0.878 bits per heavy atom. The number of nitrogens with one attached hydrogen (secondary N) is 4. The van der Waals surface area contributed by atoms with Crippen molar-refractivity contribution in [1.82, 2.24) is 20.9 Å².